The Kier molecular flexibility index (Phi) is 3.47. The molecular weight excluding hydrogens is 284 g/mol. The van der Waals surface area contributed by atoms with E-state index >= 15 is 0 Å². The molecule has 0 radical (unpaired) electrons. The minimum absolute atomic E-state index is 0.0949. The summed E-state index contributed by atoms with van der Waals surface area (Å²) in [5.41, 5.74) is 4.20. The van der Waals surface area contributed by atoms with Crippen molar-refractivity contribution in [1.82, 2.24) is 15.2 Å². The summed E-state index contributed by atoms with van der Waals surface area (Å²) in [5, 5.41) is 3.17. The van der Waals surface area contributed by atoms with Crippen molar-refractivity contribution < 1.29 is 4.79 Å². The molecule has 1 aliphatic rings. The average Bonchev–Trinajstić information content (AvgIpc) is 2.99. The highest BCUT2D eigenvalue weighted by atomic mass is 32.1. The molecule has 6 heteroatoms. The van der Waals surface area contributed by atoms with Gasteiger partial charge in [-0.15, -0.1) is 11.3 Å². The second-order valence-electron chi connectivity index (χ2n) is 5.21. The molecule has 0 saturated heterocycles. The molecule has 0 fully saturated rings. The molecule has 108 valence electrons. The van der Waals surface area contributed by atoms with Crippen LogP contribution in [0.4, 0.5) is 0 Å². The van der Waals surface area contributed by atoms with Crippen LogP contribution in [-0.4, -0.2) is 34.8 Å². The maximum absolute atomic E-state index is 12.2. The van der Waals surface area contributed by atoms with Crippen molar-refractivity contribution >= 4 is 39.5 Å². The van der Waals surface area contributed by atoms with E-state index in [0.717, 1.165) is 15.8 Å². The number of aromatic nitrogens is 1. The number of rotatable bonds is 2. The lowest BCUT2D eigenvalue weighted by Crippen LogP contribution is -2.41. The van der Waals surface area contributed by atoms with Crippen LogP contribution in [0.2, 0.25) is 0 Å². The molecule has 3 rings (SSSR count). The molecule has 21 heavy (non-hydrogen) atoms. The fraction of sp³-hybridized carbons (Fsp3) is 0.267. The monoisotopic (exact) mass is 300 g/mol. The molecule has 0 saturated carbocycles. The van der Waals surface area contributed by atoms with Gasteiger partial charge in [0.05, 0.1) is 15.7 Å². The summed E-state index contributed by atoms with van der Waals surface area (Å²) >= 11 is 1.59. The largest absolute Gasteiger partial charge is 0.353 e. The number of likely N-dealkylation sites (N-methyl/N-ethyl adjacent to an activating group) is 1. The zero-order valence-corrected chi connectivity index (χ0v) is 12.9. The third-order valence-corrected chi connectivity index (χ3v) is 3.94. The molecule has 1 N–H and O–H groups in total. The highest BCUT2D eigenvalue weighted by molar-refractivity contribution is 7.16. The van der Waals surface area contributed by atoms with Gasteiger partial charge in [-0.05, 0) is 37.6 Å². The van der Waals surface area contributed by atoms with Gasteiger partial charge in [-0.1, -0.05) is 6.07 Å². The number of nitrogens with zero attached hydrogens (tertiary/aromatic N) is 3. The minimum Gasteiger partial charge on any atom is -0.353 e. The number of nitrogens with one attached hydrogen (secondary N) is 1. The van der Waals surface area contributed by atoms with Crippen LogP contribution in [-0.2, 0) is 4.79 Å². The van der Waals surface area contributed by atoms with E-state index in [4.69, 9.17) is 0 Å². The van der Waals surface area contributed by atoms with Gasteiger partial charge in [-0.2, -0.15) is 0 Å². The summed E-state index contributed by atoms with van der Waals surface area (Å²) in [4.78, 5) is 22.4. The second-order valence-corrected chi connectivity index (χ2v) is 6.09. The summed E-state index contributed by atoms with van der Waals surface area (Å²) in [6.07, 6.45) is 1.81. The Morgan fingerprint density at radius 2 is 2.19 bits per heavy atom. The number of benzene rings is 1. The summed E-state index contributed by atoms with van der Waals surface area (Å²) in [6.45, 7) is 4.03. The molecular formula is C15H16N4OS. The number of fused-ring (bicyclic) bond motifs is 1. The van der Waals surface area contributed by atoms with Crippen LogP contribution in [0.15, 0.2) is 34.4 Å². The van der Waals surface area contributed by atoms with Crippen LogP contribution in [0.1, 0.15) is 19.4 Å². The molecule has 1 aliphatic heterocycles. The normalized spacial score (nSPS) is 17.1. The van der Waals surface area contributed by atoms with Crippen molar-refractivity contribution in [2.75, 3.05) is 7.05 Å². The van der Waals surface area contributed by atoms with E-state index in [2.05, 4.69) is 15.3 Å². The Bertz CT molecular complexity index is 760. The smallest absolute Gasteiger partial charge is 0.279 e. The summed E-state index contributed by atoms with van der Waals surface area (Å²) in [5.74, 6) is 0.502. The zero-order chi connectivity index (χ0) is 15.0. The van der Waals surface area contributed by atoms with E-state index < -0.39 is 0 Å². The van der Waals surface area contributed by atoms with Crippen molar-refractivity contribution in [3.05, 3.63) is 35.0 Å². The molecule has 0 spiro atoms. The number of guanidine groups is 1. The van der Waals surface area contributed by atoms with Gasteiger partial charge in [0.15, 0.2) is 0 Å². The molecule has 5 nitrogen and oxygen atoms in total. The molecule has 0 atom stereocenters. The van der Waals surface area contributed by atoms with Crippen molar-refractivity contribution in [2.24, 2.45) is 4.99 Å². The van der Waals surface area contributed by atoms with Crippen LogP contribution in [0.5, 0.6) is 0 Å². The van der Waals surface area contributed by atoms with Gasteiger partial charge < -0.3 is 5.32 Å². The molecule has 2 aromatic rings. The number of carbonyl (C=O) groups is 1. The average molecular weight is 300 g/mol. The van der Waals surface area contributed by atoms with Crippen LogP contribution >= 0.6 is 11.3 Å². The van der Waals surface area contributed by atoms with Gasteiger partial charge in [0, 0.05) is 13.1 Å². The fourth-order valence-electron chi connectivity index (χ4n) is 2.11. The van der Waals surface area contributed by atoms with Gasteiger partial charge in [0.2, 0.25) is 5.96 Å². The Hall–Kier alpha value is -2.21. The third-order valence-electron chi connectivity index (χ3n) is 3.14. The highest BCUT2D eigenvalue weighted by Gasteiger charge is 2.27. The van der Waals surface area contributed by atoms with E-state index in [1.165, 1.54) is 4.90 Å². The van der Waals surface area contributed by atoms with Crippen molar-refractivity contribution in [3.63, 3.8) is 0 Å². The number of amides is 1. The summed E-state index contributed by atoms with van der Waals surface area (Å²) in [6, 6.07) is 6.16. The van der Waals surface area contributed by atoms with Gasteiger partial charge in [0.25, 0.3) is 5.91 Å². The second kappa shape index (κ2) is 5.29. The van der Waals surface area contributed by atoms with Crippen LogP contribution in [0, 0.1) is 0 Å². The molecule has 2 heterocycles. The molecule has 1 amide bonds. The van der Waals surface area contributed by atoms with Crippen molar-refractivity contribution in [1.29, 1.82) is 0 Å². The quantitative estimate of drug-likeness (QED) is 0.867. The van der Waals surface area contributed by atoms with Gasteiger partial charge >= 0.3 is 0 Å². The first-order valence-corrected chi connectivity index (χ1v) is 7.61. The van der Waals surface area contributed by atoms with Gasteiger partial charge in [-0.3, -0.25) is 9.69 Å². The first-order valence-electron chi connectivity index (χ1n) is 6.73. The zero-order valence-electron chi connectivity index (χ0n) is 12.1. The van der Waals surface area contributed by atoms with Crippen molar-refractivity contribution in [2.45, 2.75) is 19.9 Å². The lowest BCUT2D eigenvalue weighted by atomic mass is 10.2. The number of aliphatic imine (C=N–C) groups is 1. The molecule has 0 unspecified atom stereocenters. The Morgan fingerprint density at radius 3 is 2.95 bits per heavy atom. The highest BCUT2D eigenvalue weighted by Crippen LogP contribution is 2.22. The lowest BCUT2D eigenvalue weighted by Gasteiger charge is -2.15. The first kappa shape index (κ1) is 13.8. The van der Waals surface area contributed by atoms with Crippen LogP contribution in [0.3, 0.4) is 0 Å². The van der Waals surface area contributed by atoms with Crippen LogP contribution < -0.4 is 5.32 Å². The molecule has 0 aliphatic carbocycles. The van der Waals surface area contributed by atoms with E-state index in [9.17, 15) is 4.79 Å². The van der Waals surface area contributed by atoms with E-state index in [0.29, 0.717) is 11.7 Å². The lowest BCUT2D eigenvalue weighted by molar-refractivity contribution is -0.121. The fourth-order valence-corrected chi connectivity index (χ4v) is 2.83. The molecule has 0 bridgehead atoms. The van der Waals surface area contributed by atoms with E-state index in [-0.39, 0.29) is 11.9 Å². The van der Waals surface area contributed by atoms with Gasteiger partial charge in [-0.25, -0.2) is 9.98 Å². The standard InChI is InChI=1S/C15H16N4OS/c1-9(2)17-15-18-12(14(20)19(15)3)6-10-4-5-11-13(7-10)21-8-16-11/h4-9H,1-3H3,(H,17,18). The predicted octanol–water partition coefficient (Wildman–Crippen LogP) is 2.46. The Labute approximate surface area is 127 Å². The molecule has 1 aromatic heterocycles. The number of thiazole rings is 1. The summed E-state index contributed by atoms with van der Waals surface area (Å²) in [7, 11) is 1.73. The topological polar surface area (TPSA) is 57.6 Å². The third kappa shape index (κ3) is 2.67. The number of carbonyl (C=O) groups excluding carboxylic acids is 1. The Balaban J connectivity index is 1.94. The SMILES string of the molecule is CC(C)NC1=NC(=Cc2ccc3ncsc3c2)C(=O)N1C. The van der Waals surface area contributed by atoms with Gasteiger partial charge in [0.1, 0.15) is 5.70 Å². The van der Waals surface area contributed by atoms with Crippen molar-refractivity contribution in [3.8, 4) is 0 Å². The van der Waals surface area contributed by atoms with E-state index in [1.807, 2.05) is 43.6 Å². The predicted molar refractivity (Wildman–Crippen MR) is 86.1 cm³/mol. The minimum atomic E-state index is -0.0949. The number of hydrogen-bond donors (Lipinski definition) is 1. The summed E-state index contributed by atoms with van der Waals surface area (Å²) < 4.78 is 1.10. The Morgan fingerprint density at radius 1 is 1.38 bits per heavy atom. The maximum atomic E-state index is 12.2. The van der Waals surface area contributed by atoms with Crippen LogP contribution in [0.25, 0.3) is 16.3 Å². The number of hydrogen-bond acceptors (Lipinski definition) is 5. The first-order chi connectivity index (χ1) is 10.0. The molecule has 1 aromatic carbocycles. The maximum Gasteiger partial charge on any atom is 0.279 e. The van der Waals surface area contributed by atoms with E-state index in [1.54, 1.807) is 18.4 Å².